The van der Waals surface area contributed by atoms with E-state index < -0.39 is 0 Å². The molecule has 1 unspecified atom stereocenters. The van der Waals surface area contributed by atoms with Crippen molar-refractivity contribution in [3.8, 4) is 6.07 Å². The third-order valence-corrected chi connectivity index (χ3v) is 2.91. The van der Waals surface area contributed by atoms with Crippen LogP contribution in [0.15, 0.2) is 36.7 Å². The van der Waals surface area contributed by atoms with E-state index >= 15 is 0 Å². The quantitative estimate of drug-likeness (QED) is 0.914. The standard InChI is InChI=1S/C15H16FN3/c1-11(18)6-12-4-5-19(9-12)10-14-7-15(16)3-2-13(14)8-17/h2-5,7,9,11H,6,10,18H2,1H3. The second kappa shape index (κ2) is 5.68. The highest BCUT2D eigenvalue weighted by molar-refractivity contribution is 5.38. The predicted octanol–water partition coefficient (Wildman–Crippen LogP) is 2.44. The van der Waals surface area contributed by atoms with Crippen molar-refractivity contribution < 1.29 is 4.39 Å². The summed E-state index contributed by atoms with van der Waals surface area (Å²) >= 11 is 0. The molecule has 0 aliphatic heterocycles. The van der Waals surface area contributed by atoms with Crippen molar-refractivity contribution in [1.82, 2.24) is 4.57 Å². The van der Waals surface area contributed by atoms with Gasteiger partial charge in [-0.3, -0.25) is 0 Å². The van der Waals surface area contributed by atoms with E-state index in [-0.39, 0.29) is 11.9 Å². The molecule has 1 aromatic carbocycles. The van der Waals surface area contributed by atoms with Crippen LogP contribution in [0.2, 0.25) is 0 Å². The lowest BCUT2D eigenvalue weighted by Crippen LogP contribution is -2.17. The van der Waals surface area contributed by atoms with E-state index in [0.717, 1.165) is 12.0 Å². The Morgan fingerprint density at radius 1 is 1.42 bits per heavy atom. The fraction of sp³-hybridized carbons (Fsp3) is 0.267. The highest BCUT2D eigenvalue weighted by atomic mass is 19.1. The van der Waals surface area contributed by atoms with Gasteiger partial charge in [-0.15, -0.1) is 0 Å². The van der Waals surface area contributed by atoms with Crippen molar-refractivity contribution in [3.63, 3.8) is 0 Å². The van der Waals surface area contributed by atoms with Crippen LogP contribution in [0.3, 0.4) is 0 Å². The normalized spacial score (nSPS) is 12.1. The van der Waals surface area contributed by atoms with E-state index in [1.807, 2.05) is 30.0 Å². The van der Waals surface area contributed by atoms with Gasteiger partial charge in [0.25, 0.3) is 0 Å². The van der Waals surface area contributed by atoms with Gasteiger partial charge < -0.3 is 10.3 Å². The summed E-state index contributed by atoms with van der Waals surface area (Å²) in [5, 5.41) is 9.01. The van der Waals surface area contributed by atoms with Gasteiger partial charge in [-0.25, -0.2) is 4.39 Å². The molecule has 0 aliphatic rings. The third kappa shape index (κ3) is 3.43. The molecule has 19 heavy (non-hydrogen) atoms. The molecule has 0 saturated heterocycles. The topological polar surface area (TPSA) is 54.7 Å². The average Bonchev–Trinajstić information content (AvgIpc) is 2.76. The maximum absolute atomic E-state index is 13.2. The molecule has 0 spiro atoms. The summed E-state index contributed by atoms with van der Waals surface area (Å²) in [5.41, 5.74) is 8.08. The van der Waals surface area contributed by atoms with Crippen molar-refractivity contribution in [2.75, 3.05) is 0 Å². The van der Waals surface area contributed by atoms with Crippen LogP contribution in [0.1, 0.15) is 23.6 Å². The molecule has 1 heterocycles. The molecule has 3 nitrogen and oxygen atoms in total. The second-order valence-electron chi connectivity index (χ2n) is 4.79. The summed E-state index contributed by atoms with van der Waals surface area (Å²) in [5.74, 6) is -0.322. The SMILES string of the molecule is CC(N)Cc1ccn(Cc2cc(F)ccc2C#N)c1. The molecule has 2 aromatic rings. The lowest BCUT2D eigenvalue weighted by Gasteiger charge is -2.06. The Morgan fingerprint density at radius 2 is 2.21 bits per heavy atom. The molecule has 2 N–H and O–H groups in total. The molecule has 0 amide bonds. The van der Waals surface area contributed by atoms with Crippen molar-refractivity contribution in [3.05, 3.63) is 59.2 Å². The Hall–Kier alpha value is -2.12. The molecule has 2 rings (SSSR count). The fourth-order valence-corrected chi connectivity index (χ4v) is 2.08. The molecule has 0 bridgehead atoms. The zero-order chi connectivity index (χ0) is 13.8. The van der Waals surface area contributed by atoms with E-state index in [1.54, 1.807) is 0 Å². The average molecular weight is 257 g/mol. The van der Waals surface area contributed by atoms with E-state index in [9.17, 15) is 4.39 Å². The predicted molar refractivity (Wildman–Crippen MR) is 72.0 cm³/mol. The van der Waals surface area contributed by atoms with E-state index in [0.29, 0.717) is 17.7 Å². The molecular weight excluding hydrogens is 241 g/mol. The number of nitrogens with two attached hydrogens (primary N) is 1. The summed E-state index contributed by atoms with van der Waals surface area (Å²) in [6.07, 6.45) is 4.71. The largest absolute Gasteiger partial charge is 0.350 e. The van der Waals surface area contributed by atoms with Crippen LogP contribution in [-0.2, 0) is 13.0 Å². The number of benzene rings is 1. The Bertz CT molecular complexity index is 608. The van der Waals surface area contributed by atoms with Gasteiger partial charge in [0.2, 0.25) is 0 Å². The van der Waals surface area contributed by atoms with Gasteiger partial charge in [-0.1, -0.05) is 0 Å². The van der Waals surface area contributed by atoms with Crippen molar-refractivity contribution >= 4 is 0 Å². The Balaban J connectivity index is 2.19. The number of hydrogen-bond donors (Lipinski definition) is 1. The number of rotatable bonds is 4. The Labute approximate surface area is 112 Å². The summed E-state index contributed by atoms with van der Waals surface area (Å²) in [6, 6.07) is 8.41. The highest BCUT2D eigenvalue weighted by Gasteiger charge is 2.06. The van der Waals surface area contributed by atoms with Crippen LogP contribution in [0.25, 0.3) is 0 Å². The molecule has 98 valence electrons. The second-order valence-corrected chi connectivity index (χ2v) is 4.79. The summed E-state index contributed by atoms with van der Waals surface area (Å²) < 4.78 is 15.2. The number of halogens is 1. The molecule has 0 radical (unpaired) electrons. The zero-order valence-electron chi connectivity index (χ0n) is 10.8. The lowest BCUT2D eigenvalue weighted by molar-refractivity contribution is 0.623. The van der Waals surface area contributed by atoms with Crippen molar-refractivity contribution in [2.45, 2.75) is 25.9 Å². The van der Waals surface area contributed by atoms with Gasteiger partial charge in [0.15, 0.2) is 0 Å². The molecule has 4 heteroatoms. The molecule has 1 atom stereocenters. The van der Waals surface area contributed by atoms with Gasteiger partial charge in [-0.05, 0) is 48.7 Å². The third-order valence-electron chi connectivity index (χ3n) is 2.91. The summed E-state index contributed by atoms with van der Waals surface area (Å²) in [6.45, 7) is 2.44. The maximum Gasteiger partial charge on any atom is 0.123 e. The Morgan fingerprint density at radius 3 is 2.89 bits per heavy atom. The van der Waals surface area contributed by atoms with E-state index in [2.05, 4.69) is 6.07 Å². The first-order valence-electron chi connectivity index (χ1n) is 6.17. The smallest absolute Gasteiger partial charge is 0.123 e. The number of aromatic nitrogens is 1. The minimum atomic E-state index is -0.322. The number of nitrogens with zero attached hydrogens (tertiary/aromatic N) is 2. The van der Waals surface area contributed by atoms with Crippen LogP contribution in [0, 0.1) is 17.1 Å². The maximum atomic E-state index is 13.2. The monoisotopic (exact) mass is 257 g/mol. The highest BCUT2D eigenvalue weighted by Crippen LogP contribution is 2.13. The van der Waals surface area contributed by atoms with E-state index in [1.165, 1.54) is 18.2 Å². The van der Waals surface area contributed by atoms with Gasteiger partial charge in [0.1, 0.15) is 5.82 Å². The Kier molecular flexibility index (Phi) is 3.98. The van der Waals surface area contributed by atoms with Gasteiger partial charge >= 0.3 is 0 Å². The van der Waals surface area contributed by atoms with Crippen molar-refractivity contribution in [2.24, 2.45) is 5.73 Å². The van der Waals surface area contributed by atoms with Gasteiger partial charge in [0, 0.05) is 25.0 Å². The zero-order valence-corrected chi connectivity index (χ0v) is 10.8. The van der Waals surface area contributed by atoms with Gasteiger partial charge in [-0.2, -0.15) is 5.26 Å². The minimum Gasteiger partial charge on any atom is -0.350 e. The first kappa shape index (κ1) is 13.3. The van der Waals surface area contributed by atoms with Crippen molar-refractivity contribution in [1.29, 1.82) is 5.26 Å². The number of hydrogen-bond acceptors (Lipinski definition) is 2. The van der Waals surface area contributed by atoms with Crippen LogP contribution in [-0.4, -0.2) is 10.6 Å². The van der Waals surface area contributed by atoms with Crippen LogP contribution in [0.5, 0.6) is 0 Å². The fourth-order valence-electron chi connectivity index (χ4n) is 2.08. The minimum absolute atomic E-state index is 0.111. The van der Waals surface area contributed by atoms with Crippen LogP contribution < -0.4 is 5.73 Å². The molecule has 0 saturated carbocycles. The van der Waals surface area contributed by atoms with E-state index in [4.69, 9.17) is 11.0 Å². The van der Waals surface area contributed by atoms with Crippen LogP contribution in [0.4, 0.5) is 4.39 Å². The summed E-state index contributed by atoms with van der Waals surface area (Å²) in [7, 11) is 0. The number of nitriles is 1. The molecular formula is C15H16FN3. The van der Waals surface area contributed by atoms with Crippen LogP contribution >= 0.6 is 0 Å². The molecule has 1 aromatic heterocycles. The molecule has 0 fully saturated rings. The lowest BCUT2D eigenvalue weighted by atomic mass is 10.1. The first-order chi connectivity index (χ1) is 9.08. The first-order valence-corrected chi connectivity index (χ1v) is 6.17. The summed E-state index contributed by atoms with van der Waals surface area (Å²) in [4.78, 5) is 0. The molecule has 0 aliphatic carbocycles. The van der Waals surface area contributed by atoms with Gasteiger partial charge in [0.05, 0.1) is 11.6 Å².